The minimum absolute atomic E-state index is 0.0999. The highest BCUT2D eigenvalue weighted by molar-refractivity contribution is 5.93. The van der Waals surface area contributed by atoms with Crippen LogP contribution in [-0.2, 0) is 11.3 Å². The highest BCUT2D eigenvalue weighted by Crippen LogP contribution is 2.39. The molecule has 1 saturated carbocycles. The van der Waals surface area contributed by atoms with Crippen molar-refractivity contribution in [3.05, 3.63) is 76.3 Å². The third-order valence-electron chi connectivity index (χ3n) is 5.93. The number of aromatic nitrogens is 3. The molecular formula is C25H24N4O4. The van der Waals surface area contributed by atoms with Crippen molar-refractivity contribution in [2.24, 2.45) is 0 Å². The fourth-order valence-corrected chi connectivity index (χ4v) is 3.93. The molecule has 0 radical (unpaired) electrons. The molecule has 1 N–H and O–H groups in total. The number of nitrogens with zero attached hydrogens (tertiary/aromatic N) is 3. The van der Waals surface area contributed by atoms with Gasteiger partial charge in [0, 0.05) is 17.4 Å². The molecule has 8 heteroatoms. The maximum atomic E-state index is 13.0. The zero-order valence-electron chi connectivity index (χ0n) is 18.4. The molecule has 0 saturated heterocycles. The number of carbonyl (C=O) groups is 1. The molecule has 1 aliphatic rings. The predicted molar refractivity (Wildman–Crippen MR) is 123 cm³/mol. The molecular weight excluding hydrogens is 420 g/mol. The van der Waals surface area contributed by atoms with Crippen LogP contribution in [-0.4, -0.2) is 27.7 Å². The molecule has 1 amide bonds. The lowest BCUT2D eigenvalue weighted by molar-refractivity contribution is -0.122. The van der Waals surface area contributed by atoms with E-state index in [1.165, 1.54) is 10.6 Å². The van der Waals surface area contributed by atoms with Gasteiger partial charge in [-0.2, -0.15) is 4.98 Å². The number of hydrogen-bond donors (Lipinski definition) is 1. The number of para-hydroxylation sites is 1. The van der Waals surface area contributed by atoms with Gasteiger partial charge < -0.3 is 14.6 Å². The Kier molecular flexibility index (Phi) is 5.42. The first-order valence-corrected chi connectivity index (χ1v) is 10.9. The van der Waals surface area contributed by atoms with Gasteiger partial charge in [0.1, 0.15) is 12.3 Å². The number of hydrogen-bond acceptors (Lipinski definition) is 6. The number of carbonyl (C=O) groups excluding carboxylic acids is 1. The van der Waals surface area contributed by atoms with Gasteiger partial charge in [0.2, 0.25) is 5.91 Å². The summed E-state index contributed by atoms with van der Waals surface area (Å²) in [4.78, 5) is 30.3. The second kappa shape index (κ2) is 8.54. The normalized spacial score (nSPS) is 14.2. The molecule has 0 spiro atoms. The van der Waals surface area contributed by atoms with Crippen molar-refractivity contribution in [1.82, 2.24) is 20.0 Å². The number of amides is 1. The zero-order valence-corrected chi connectivity index (χ0v) is 18.4. The Morgan fingerprint density at radius 2 is 1.97 bits per heavy atom. The van der Waals surface area contributed by atoms with Crippen LogP contribution in [0.15, 0.2) is 63.9 Å². The van der Waals surface area contributed by atoms with Gasteiger partial charge in [-0.25, -0.2) is 0 Å². The standard InChI is InChI=1S/C25H24N4O4/c1-15(16-9-11-18(32-2)12-10-16)26-22(30)14-29-21-6-4-3-5-19(21)20(13-23(29)31)25-27-24(28-33-25)17-7-8-17/h3-6,9-13,15,17H,7-8,14H2,1-2H3,(H,26,30)/t15-/m0/s1. The van der Waals surface area contributed by atoms with Gasteiger partial charge in [0.15, 0.2) is 5.82 Å². The van der Waals surface area contributed by atoms with E-state index >= 15 is 0 Å². The summed E-state index contributed by atoms with van der Waals surface area (Å²) < 4.78 is 12.1. The molecule has 0 unspecified atom stereocenters. The van der Waals surface area contributed by atoms with Crippen molar-refractivity contribution in [2.45, 2.75) is 38.3 Å². The van der Waals surface area contributed by atoms with Crippen molar-refractivity contribution >= 4 is 16.8 Å². The van der Waals surface area contributed by atoms with Gasteiger partial charge in [-0.15, -0.1) is 0 Å². The molecule has 1 atom stereocenters. The molecule has 0 bridgehead atoms. The third-order valence-corrected chi connectivity index (χ3v) is 5.93. The smallest absolute Gasteiger partial charge is 0.258 e. The minimum Gasteiger partial charge on any atom is -0.497 e. The van der Waals surface area contributed by atoms with Crippen LogP contribution >= 0.6 is 0 Å². The van der Waals surface area contributed by atoms with Crippen LogP contribution < -0.4 is 15.6 Å². The predicted octanol–water partition coefficient (Wildman–Crippen LogP) is 3.81. The lowest BCUT2D eigenvalue weighted by Gasteiger charge is -2.17. The maximum absolute atomic E-state index is 13.0. The number of fused-ring (bicyclic) bond motifs is 1. The van der Waals surface area contributed by atoms with Crippen LogP contribution in [0.1, 0.15) is 43.1 Å². The van der Waals surface area contributed by atoms with Gasteiger partial charge in [-0.1, -0.05) is 35.5 Å². The molecule has 1 fully saturated rings. The molecule has 1 aliphatic carbocycles. The van der Waals surface area contributed by atoms with E-state index in [9.17, 15) is 9.59 Å². The fraction of sp³-hybridized carbons (Fsp3) is 0.280. The van der Waals surface area contributed by atoms with Crippen molar-refractivity contribution in [2.75, 3.05) is 7.11 Å². The van der Waals surface area contributed by atoms with Crippen LogP contribution in [0.4, 0.5) is 0 Å². The van der Waals surface area contributed by atoms with E-state index in [2.05, 4.69) is 15.5 Å². The first-order chi connectivity index (χ1) is 16.0. The quantitative estimate of drug-likeness (QED) is 0.465. The third kappa shape index (κ3) is 4.24. The van der Waals surface area contributed by atoms with Crippen LogP contribution in [0.2, 0.25) is 0 Å². The Morgan fingerprint density at radius 1 is 1.21 bits per heavy atom. The average molecular weight is 444 g/mol. The van der Waals surface area contributed by atoms with E-state index < -0.39 is 0 Å². The van der Waals surface area contributed by atoms with Gasteiger partial charge in [-0.3, -0.25) is 14.2 Å². The zero-order chi connectivity index (χ0) is 22.9. The number of pyridine rings is 1. The molecule has 0 aliphatic heterocycles. The van der Waals surface area contributed by atoms with Crippen molar-refractivity contribution in [3.8, 4) is 17.2 Å². The highest BCUT2D eigenvalue weighted by Gasteiger charge is 2.29. The van der Waals surface area contributed by atoms with Crippen LogP contribution in [0.5, 0.6) is 5.75 Å². The fourth-order valence-electron chi connectivity index (χ4n) is 3.93. The van der Waals surface area contributed by atoms with Gasteiger partial charge in [0.05, 0.1) is 24.2 Å². The Balaban J connectivity index is 1.41. The second-order valence-electron chi connectivity index (χ2n) is 8.29. The lowest BCUT2D eigenvalue weighted by atomic mass is 10.1. The highest BCUT2D eigenvalue weighted by atomic mass is 16.5. The summed E-state index contributed by atoms with van der Waals surface area (Å²) in [5.74, 6) is 1.86. The van der Waals surface area contributed by atoms with Crippen LogP contribution in [0.25, 0.3) is 22.4 Å². The largest absolute Gasteiger partial charge is 0.497 e. The summed E-state index contributed by atoms with van der Waals surface area (Å²) in [5.41, 5.74) is 1.86. The van der Waals surface area contributed by atoms with E-state index in [1.54, 1.807) is 7.11 Å². The van der Waals surface area contributed by atoms with Crippen LogP contribution in [0.3, 0.4) is 0 Å². The monoisotopic (exact) mass is 444 g/mol. The summed E-state index contributed by atoms with van der Waals surface area (Å²) in [6.45, 7) is 1.80. The Hall–Kier alpha value is -3.94. The van der Waals surface area contributed by atoms with E-state index in [0.717, 1.165) is 29.5 Å². The summed E-state index contributed by atoms with van der Waals surface area (Å²) >= 11 is 0. The summed E-state index contributed by atoms with van der Waals surface area (Å²) in [7, 11) is 1.61. The van der Waals surface area contributed by atoms with Gasteiger partial charge in [-0.05, 0) is 43.5 Å². The molecule has 4 aromatic rings. The van der Waals surface area contributed by atoms with Crippen molar-refractivity contribution in [1.29, 1.82) is 0 Å². The van der Waals surface area contributed by atoms with Gasteiger partial charge in [0.25, 0.3) is 11.4 Å². The topological polar surface area (TPSA) is 99.2 Å². The SMILES string of the molecule is COc1ccc([C@H](C)NC(=O)Cn2c(=O)cc(-c3nc(C4CC4)no3)c3ccccc32)cc1. The Morgan fingerprint density at radius 3 is 2.70 bits per heavy atom. The average Bonchev–Trinajstić information content (AvgIpc) is 3.57. The number of rotatable bonds is 7. The van der Waals surface area contributed by atoms with E-state index in [4.69, 9.17) is 9.26 Å². The van der Waals surface area contributed by atoms with Crippen molar-refractivity contribution in [3.63, 3.8) is 0 Å². The molecule has 168 valence electrons. The molecule has 2 aromatic heterocycles. The maximum Gasteiger partial charge on any atom is 0.258 e. The first-order valence-electron chi connectivity index (χ1n) is 10.9. The summed E-state index contributed by atoms with van der Waals surface area (Å²) in [6, 6.07) is 16.2. The molecule has 8 nitrogen and oxygen atoms in total. The number of methoxy groups -OCH3 is 1. The Labute approximate surface area is 190 Å². The van der Waals surface area contributed by atoms with Crippen LogP contribution in [0, 0.1) is 0 Å². The molecule has 2 aromatic carbocycles. The molecule has 5 rings (SSSR count). The molecule has 33 heavy (non-hydrogen) atoms. The molecule has 2 heterocycles. The van der Waals surface area contributed by atoms with E-state index in [-0.39, 0.29) is 24.1 Å². The minimum atomic E-state index is -0.304. The first kappa shape index (κ1) is 20.9. The number of ether oxygens (including phenoxy) is 1. The summed E-state index contributed by atoms with van der Waals surface area (Å²) in [5, 5.41) is 7.81. The summed E-state index contributed by atoms with van der Waals surface area (Å²) in [6.07, 6.45) is 2.12. The Bertz CT molecular complexity index is 1370. The van der Waals surface area contributed by atoms with E-state index in [0.29, 0.717) is 28.7 Å². The lowest BCUT2D eigenvalue weighted by Crippen LogP contribution is -2.34. The van der Waals surface area contributed by atoms with E-state index in [1.807, 2.05) is 55.5 Å². The van der Waals surface area contributed by atoms with Crippen molar-refractivity contribution < 1.29 is 14.1 Å². The number of benzene rings is 2. The second-order valence-corrected chi connectivity index (χ2v) is 8.29. The number of nitrogens with one attached hydrogen (secondary N) is 1. The van der Waals surface area contributed by atoms with Gasteiger partial charge >= 0.3 is 0 Å².